The zero-order valence-electron chi connectivity index (χ0n) is 12.3. The van der Waals surface area contributed by atoms with Gasteiger partial charge in [-0.25, -0.2) is 0 Å². The molecule has 1 aromatic heterocycles. The number of carbonyl (C=O) groups excluding carboxylic acids is 1. The molecule has 0 saturated heterocycles. The molecule has 0 aliphatic heterocycles. The summed E-state index contributed by atoms with van der Waals surface area (Å²) in [5, 5.41) is 15.0. The van der Waals surface area contributed by atoms with E-state index in [1.54, 1.807) is 32.0 Å². The number of carbonyl (C=O) groups is 1. The number of hydrogen-bond donors (Lipinski definition) is 0. The minimum atomic E-state index is -0.484. The van der Waals surface area contributed by atoms with Gasteiger partial charge in [0.25, 0.3) is 0 Å². The van der Waals surface area contributed by atoms with E-state index in [9.17, 15) is 14.9 Å². The number of ether oxygens (including phenoxy) is 1. The number of nitro groups is 1. The van der Waals surface area contributed by atoms with E-state index in [0.29, 0.717) is 27.2 Å². The molecule has 22 heavy (non-hydrogen) atoms. The van der Waals surface area contributed by atoms with Crippen LogP contribution < -0.4 is 4.74 Å². The lowest BCUT2D eigenvalue weighted by Gasteiger charge is -2.06. The summed E-state index contributed by atoms with van der Waals surface area (Å²) in [5.74, 6) is 0.433. The van der Waals surface area contributed by atoms with E-state index in [-0.39, 0.29) is 18.0 Å². The van der Waals surface area contributed by atoms with Crippen molar-refractivity contribution in [2.45, 2.75) is 20.4 Å². The van der Waals surface area contributed by atoms with Crippen molar-refractivity contribution in [3.8, 4) is 5.75 Å². The number of rotatable bonds is 5. The summed E-state index contributed by atoms with van der Waals surface area (Å²) in [6.07, 6.45) is 0. The minimum Gasteiger partial charge on any atom is -0.496 e. The maximum Gasteiger partial charge on any atom is 0.312 e. The van der Waals surface area contributed by atoms with Gasteiger partial charge in [-0.1, -0.05) is 0 Å². The summed E-state index contributed by atoms with van der Waals surface area (Å²) in [7, 11) is 1.54. The van der Waals surface area contributed by atoms with Crippen molar-refractivity contribution in [2.75, 3.05) is 7.11 Å². The van der Waals surface area contributed by atoms with Crippen molar-refractivity contribution in [3.63, 3.8) is 0 Å². The van der Waals surface area contributed by atoms with Gasteiger partial charge in [-0.3, -0.25) is 19.6 Å². The first-order valence-corrected chi connectivity index (χ1v) is 7.19. The third-order valence-corrected chi connectivity index (χ3v) is 3.91. The van der Waals surface area contributed by atoms with Crippen LogP contribution in [0.3, 0.4) is 0 Å². The molecule has 1 aromatic carbocycles. The highest BCUT2D eigenvalue weighted by atomic mass is 79.9. The molecule has 0 aliphatic rings. The van der Waals surface area contributed by atoms with Crippen LogP contribution in [0.4, 0.5) is 5.69 Å². The van der Waals surface area contributed by atoms with E-state index in [2.05, 4.69) is 21.0 Å². The van der Waals surface area contributed by atoms with Crippen LogP contribution in [0.2, 0.25) is 0 Å². The summed E-state index contributed by atoms with van der Waals surface area (Å²) >= 11 is 3.32. The fourth-order valence-electron chi connectivity index (χ4n) is 2.17. The summed E-state index contributed by atoms with van der Waals surface area (Å²) in [5.41, 5.74) is 1.08. The number of methoxy groups -OCH3 is 1. The molecule has 116 valence electrons. The van der Waals surface area contributed by atoms with Crippen molar-refractivity contribution in [1.29, 1.82) is 0 Å². The molecular formula is C14H14BrN3O4. The van der Waals surface area contributed by atoms with Gasteiger partial charge in [0.1, 0.15) is 23.7 Å². The second kappa shape index (κ2) is 6.27. The standard InChI is InChI=1S/C14H14BrN3O4/c1-8-14(18(20)21)9(2)17(16-8)7-12(19)10-4-5-13(22-3)11(15)6-10/h4-6H,7H2,1-3H3. The first-order chi connectivity index (χ1) is 10.3. The third kappa shape index (κ3) is 3.01. The average Bonchev–Trinajstić information content (AvgIpc) is 2.73. The average molecular weight is 368 g/mol. The molecule has 0 radical (unpaired) electrons. The van der Waals surface area contributed by atoms with Gasteiger partial charge in [0.2, 0.25) is 0 Å². The van der Waals surface area contributed by atoms with Crippen LogP contribution in [0.15, 0.2) is 22.7 Å². The monoisotopic (exact) mass is 367 g/mol. The molecule has 0 bridgehead atoms. The van der Waals surface area contributed by atoms with Gasteiger partial charge in [-0.15, -0.1) is 0 Å². The maximum absolute atomic E-state index is 12.3. The first kappa shape index (κ1) is 16.2. The molecule has 0 atom stereocenters. The number of aromatic nitrogens is 2. The van der Waals surface area contributed by atoms with Crippen LogP contribution in [-0.2, 0) is 6.54 Å². The van der Waals surface area contributed by atoms with Crippen molar-refractivity contribution >= 4 is 27.4 Å². The maximum atomic E-state index is 12.3. The zero-order chi connectivity index (χ0) is 16.4. The van der Waals surface area contributed by atoms with E-state index < -0.39 is 4.92 Å². The summed E-state index contributed by atoms with van der Waals surface area (Å²) in [6, 6.07) is 4.98. The van der Waals surface area contributed by atoms with Gasteiger partial charge in [-0.05, 0) is 48.0 Å². The highest BCUT2D eigenvalue weighted by molar-refractivity contribution is 9.10. The van der Waals surface area contributed by atoms with Gasteiger partial charge in [-0.2, -0.15) is 5.10 Å². The largest absolute Gasteiger partial charge is 0.496 e. The lowest BCUT2D eigenvalue weighted by molar-refractivity contribution is -0.386. The lowest BCUT2D eigenvalue weighted by Crippen LogP contribution is -2.13. The summed E-state index contributed by atoms with van der Waals surface area (Å²) in [6.45, 7) is 3.07. The minimum absolute atomic E-state index is 0.0521. The van der Waals surface area contributed by atoms with Crippen molar-refractivity contribution < 1.29 is 14.5 Å². The fraction of sp³-hybridized carbons (Fsp3) is 0.286. The van der Waals surface area contributed by atoms with Gasteiger partial charge in [0.05, 0.1) is 16.5 Å². The van der Waals surface area contributed by atoms with Crippen LogP contribution in [0.5, 0.6) is 5.75 Å². The Morgan fingerprint density at radius 3 is 2.64 bits per heavy atom. The Kier molecular flexibility index (Phi) is 4.60. The summed E-state index contributed by atoms with van der Waals surface area (Å²) in [4.78, 5) is 22.8. The van der Waals surface area contributed by atoms with Crippen LogP contribution in [0.1, 0.15) is 21.7 Å². The number of aryl methyl sites for hydroxylation is 1. The van der Waals surface area contributed by atoms with Crippen LogP contribution in [-0.4, -0.2) is 27.6 Å². The normalized spacial score (nSPS) is 10.5. The van der Waals surface area contributed by atoms with Crippen LogP contribution >= 0.6 is 15.9 Å². The van der Waals surface area contributed by atoms with Gasteiger partial charge >= 0.3 is 5.69 Å². The molecule has 2 aromatic rings. The Labute approximate surface area is 135 Å². The van der Waals surface area contributed by atoms with Gasteiger partial charge in [0.15, 0.2) is 5.78 Å². The molecule has 0 saturated carbocycles. The fourth-order valence-corrected chi connectivity index (χ4v) is 2.71. The second-order valence-electron chi connectivity index (χ2n) is 4.71. The smallest absolute Gasteiger partial charge is 0.312 e. The molecule has 0 spiro atoms. The van der Waals surface area contributed by atoms with Crippen molar-refractivity contribution in [2.24, 2.45) is 0 Å². The molecule has 7 nitrogen and oxygen atoms in total. The molecule has 1 heterocycles. The molecule has 0 fully saturated rings. The number of benzene rings is 1. The van der Waals surface area contributed by atoms with Gasteiger partial charge < -0.3 is 4.74 Å². The van der Waals surface area contributed by atoms with E-state index in [4.69, 9.17) is 4.74 Å². The molecule has 2 rings (SSSR count). The van der Waals surface area contributed by atoms with E-state index in [0.717, 1.165) is 0 Å². The molecular weight excluding hydrogens is 354 g/mol. The number of halogens is 1. The topological polar surface area (TPSA) is 87.3 Å². The van der Waals surface area contributed by atoms with E-state index in [1.165, 1.54) is 11.8 Å². The Bertz CT molecular complexity index is 755. The lowest BCUT2D eigenvalue weighted by atomic mass is 10.1. The number of nitrogens with zero attached hydrogens (tertiary/aromatic N) is 3. The SMILES string of the molecule is COc1ccc(C(=O)Cn2nc(C)c([N+](=O)[O-])c2C)cc1Br. The third-order valence-electron chi connectivity index (χ3n) is 3.29. The predicted octanol–water partition coefficient (Wildman–Crippen LogP) is 3.06. The van der Waals surface area contributed by atoms with Crippen LogP contribution in [0, 0.1) is 24.0 Å². The highest BCUT2D eigenvalue weighted by Crippen LogP contribution is 2.26. The Morgan fingerprint density at radius 1 is 1.45 bits per heavy atom. The van der Waals surface area contributed by atoms with Crippen molar-refractivity contribution in [1.82, 2.24) is 9.78 Å². The first-order valence-electron chi connectivity index (χ1n) is 6.40. The van der Waals surface area contributed by atoms with Crippen LogP contribution in [0.25, 0.3) is 0 Å². The van der Waals surface area contributed by atoms with Crippen molar-refractivity contribution in [3.05, 3.63) is 49.7 Å². The Hall–Kier alpha value is -2.22. The molecule has 0 amide bonds. The number of hydrogen-bond acceptors (Lipinski definition) is 5. The summed E-state index contributed by atoms with van der Waals surface area (Å²) < 4.78 is 7.13. The van der Waals surface area contributed by atoms with E-state index >= 15 is 0 Å². The molecule has 0 aliphatic carbocycles. The highest BCUT2D eigenvalue weighted by Gasteiger charge is 2.23. The molecule has 0 N–H and O–H groups in total. The zero-order valence-corrected chi connectivity index (χ0v) is 13.9. The Balaban J connectivity index is 2.28. The second-order valence-corrected chi connectivity index (χ2v) is 5.56. The molecule has 0 unspecified atom stereocenters. The van der Waals surface area contributed by atoms with Gasteiger partial charge in [0, 0.05) is 5.56 Å². The quantitative estimate of drug-likeness (QED) is 0.460. The number of Topliss-reactive ketones (excluding diaryl/α,β-unsaturated/α-hetero) is 1. The predicted molar refractivity (Wildman–Crippen MR) is 83.4 cm³/mol. The van der Waals surface area contributed by atoms with E-state index in [1.807, 2.05) is 0 Å². The Morgan fingerprint density at radius 2 is 2.14 bits per heavy atom. The number of ketones is 1. The molecule has 8 heteroatoms.